The van der Waals surface area contributed by atoms with Gasteiger partial charge in [0.1, 0.15) is 11.6 Å². The second-order valence-corrected chi connectivity index (χ2v) is 7.34. The van der Waals surface area contributed by atoms with E-state index < -0.39 is 12.1 Å². The van der Waals surface area contributed by atoms with Crippen molar-refractivity contribution in [2.75, 3.05) is 19.8 Å². The van der Waals surface area contributed by atoms with Crippen LogP contribution < -0.4 is 10.1 Å². The number of halogens is 4. The highest BCUT2D eigenvalue weighted by atomic mass is 19.4. The van der Waals surface area contributed by atoms with Crippen molar-refractivity contribution in [3.8, 4) is 5.75 Å². The van der Waals surface area contributed by atoms with Gasteiger partial charge < -0.3 is 19.5 Å². The second kappa shape index (κ2) is 7.93. The zero-order valence-electron chi connectivity index (χ0n) is 15.5. The number of hydrogen-bond donors (Lipinski definition) is 1. The van der Waals surface area contributed by atoms with Crippen LogP contribution in [-0.4, -0.2) is 31.9 Å². The highest BCUT2D eigenvalue weighted by molar-refractivity contribution is 5.37. The number of ether oxygens (including phenoxy) is 3. The van der Waals surface area contributed by atoms with Crippen LogP contribution in [0.15, 0.2) is 48.5 Å². The summed E-state index contributed by atoms with van der Waals surface area (Å²) in [5, 5.41) is 3.37. The standard InChI is InChI=1S/C21H21F4NO3/c22-16-7-5-14(6-8-16)18-12-28-20(13-26-18)10-9-15(11-27-20)17-3-1-2-4-19(17)29-21(23,24)25/h1-8,15,18,26H,9-13H2. The number of benzene rings is 2. The van der Waals surface area contributed by atoms with Crippen LogP contribution in [0, 0.1) is 5.82 Å². The van der Waals surface area contributed by atoms with Gasteiger partial charge in [0.05, 0.1) is 25.8 Å². The molecule has 2 aliphatic rings. The van der Waals surface area contributed by atoms with Gasteiger partial charge in [-0.2, -0.15) is 0 Å². The molecule has 0 radical (unpaired) electrons. The summed E-state index contributed by atoms with van der Waals surface area (Å²) < 4.78 is 67.3. The second-order valence-electron chi connectivity index (χ2n) is 7.34. The van der Waals surface area contributed by atoms with E-state index in [9.17, 15) is 17.6 Å². The van der Waals surface area contributed by atoms with Crippen molar-refractivity contribution in [3.05, 3.63) is 65.5 Å². The third-order valence-electron chi connectivity index (χ3n) is 5.41. The Morgan fingerprint density at radius 1 is 1.00 bits per heavy atom. The van der Waals surface area contributed by atoms with Crippen LogP contribution in [-0.2, 0) is 9.47 Å². The lowest BCUT2D eigenvalue weighted by atomic mass is 9.88. The zero-order chi connectivity index (χ0) is 20.5. The van der Waals surface area contributed by atoms with Gasteiger partial charge in [0.15, 0.2) is 5.79 Å². The van der Waals surface area contributed by atoms with Crippen LogP contribution in [0.2, 0.25) is 0 Å². The Balaban J connectivity index is 1.37. The minimum absolute atomic E-state index is 0.0662. The third kappa shape index (κ3) is 4.71. The average molecular weight is 411 g/mol. The summed E-state index contributed by atoms with van der Waals surface area (Å²) in [6.45, 7) is 1.05. The van der Waals surface area contributed by atoms with Crippen LogP contribution in [0.1, 0.15) is 35.9 Å². The number of para-hydroxylation sites is 1. The number of hydrogen-bond acceptors (Lipinski definition) is 4. The van der Waals surface area contributed by atoms with Crippen molar-refractivity contribution >= 4 is 0 Å². The van der Waals surface area contributed by atoms with E-state index in [0.717, 1.165) is 5.56 Å². The Labute approximate surface area is 165 Å². The Morgan fingerprint density at radius 3 is 2.34 bits per heavy atom. The molecule has 0 bridgehead atoms. The molecule has 2 aromatic carbocycles. The van der Waals surface area contributed by atoms with E-state index in [-0.39, 0.29) is 30.1 Å². The molecule has 4 rings (SSSR count). The van der Waals surface area contributed by atoms with Crippen molar-refractivity contribution in [2.24, 2.45) is 0 Å². The predicted molar refractivity (Wildman–Crippen MR) is 96.9 cm³/mol. The van der Waals surface area contributed by atoms with Gasteiger partial charge in [-0.25, -0.2) is 4.39 Å². The summed E-state index contributed by atoms with van der Waals surface area (Å²) in [6, 6.07) is 12.3. The van der Waals surface area contributed by atoms with Crippen LogP contribution in [0.4, 0.5) is 17.6 Å². The summed E-state index contributed by atoms with van der Waals surface area (Å²) in [5.74, 6) is -1.49. The minimum Gasteiger partial charge on any atom is -0.405 e. The highest BCUT2D eigenvalue weighted by Crippen LogP contribution is 2.40. The fourth-order valence-corrected chi connectivity index (χ4v) is 3.87. The van der Waals surface area contributed by atoms with E-state index in [2.05, 4.69) is 10.1 Å². The van der Waals surface area contributed by atoms with Gasteiger partial charge in [-0.05, 0) is 35.7 Å². The first kappa shape index (κ1) is 20.1. The van der Waals surface area contributed by atoms with Crippen LogP contribution in [0.25, 0.3) is 0 Å². The molecule has 4 nitrogen and oxygen atoms in total. The van der Waals surface area contributed by atoms with Crippen molar-refractivity contribution in [1.82, 2.24) is 5.32 Å². The topological polar surface area (TPSA) is 39.7 Å². The molecule has 156 valence electrons. The van der Waals surface area contributed by atoms with E-state index in [0.29, 0.717) is 31.6 Å². The smallest absolute Gasteiger partial charge is 0.405 e. The van der Waals surface area contributed by atoms with Crippen LogP contribution >= 0.6 is 0 Å². The monoisotopic (exact) mass is 411 g/mol. The molecule has 8 heteroatoms. The lowest BCUT2D eigenvalue weighted by Gasteiger charge is -2.45. The van der Waals surface area contributed by atoms with Crippen molar-refractivity contribution in [3.63, 3.8) is 0 Å². The first-order chi connectivity index (χ1) is 13.8. The van der Waals surface area contributed by atoms with E-state index in [4.69, 9.17) is 9.47 Å². The molecule has 2 saturated heterocycles. The molecule has 0 amide bonds. The fraction of sp³-hybridized carbons (Fsp3) is 0.429. The Bertz CT molecular complexity index is 823. The lowest BCUT2D eigenvalue weighted by molar-refractivity contribution is -0.278. The van der Waals surface area contributed by atoms with Crippen LogP contribution in [0.5, 0.6) is 5.75 Å². The maximum absolute atomic E-state index is 13.1. The molecule has 0 saturated carbocycles. The molecule has 2 heterocycles. The minimum atomic E-state index is -4.74. The van der Waals surface area contributed by atoms with Gasteiger partial charge in [-0.1, -0.05) is 30.3 Å². The zero-order valence-corrected chi connectivity index (χ0v) is 15.5. The molecular formula is C21H21F4NO3. The van der Waals surface area contributed by atoms with Gasteiger partial charge in [-0.15, -0.1) is 13.2 Å². The summed E-state index contributed by atoms with van der Waals surface area (Å²) in [4.78, 5) is 0. The molecule has 29 heavy (non-hydrogen) atoms. The summed E-state index contributed by atoms with van der Waals surface area (Å²) in [5.41, 5.74) is 1.40. The SMILES string of the molecule is Fc1ccc(C2COC3(CCC(c4ccccc4OC(F)(F)F)CO3)CN2)cc1. The molecule has 2 aliphatic heterocycles. The Morgan fingerprint density at radius 2 is 1.72 bits per heavy atom. The van der Waals surface area contributed by atoms with E-state index in [1.165, 1.54) is 24.3 Å². The fourth-order valence-electron chi connectivity index (χ4n) is 3.87. The number of alkyl halides is 3. The molecular weight excluding hydrogens is 390 g/mol. The van der Waals surface area contributed by atoms with Gasteiger partial charge in [0.2, 0.25) is 0 Å². The number of rotatable bonds is 3. The normalized spacial score (nSPS) is 27.7. The summed E-state index contributed by atoms with van der Waals surface area (Å²) in [6.07, 6.45) is -3.58. The first-order valence-electron chi connectivity index (χ1n) is 9.45. The average Bonchev–Trinajstić information content (AvgIpc) is 2.70. The van der Waals surface area contributed by atoms with E-state index in [1.807, 2.05) is 0 Å². The highest BCUT2D eigenvalue weighted by Gasteiger charge is 2.42. The Kier molecular flexibility index (Phi) is 5.50. The maximum atomic E-state index is 13.1. The van der Waals surface area contributed by atoms with Crippen molar-refractivity contribution in [1.29, 1.82) is 0 Å². The Hall–Kier alpha value is -2.16. The maximum Gasteiger partial charge on any atom is 0.573 e. The largest absolute Gasteiger partial charge is 0.573 e. The predicted octanol–water partition coefficient (Wildman–Crippen LogP) is 4.68. The number of morpholine rings is 1. The van der Waals surface area contributed by atoms with Gasteiger partial charge in [-0.3, -0.25) is 0 Å². The lowest BCUT2D eigenvalue weighted by Crippen LogP contribution is -2.54. The van der Waals surface area contributed by atoms with E-state index in [1.54, 1.807) is 24.3 Å². The summed E-state index contributed by atoms with van der Waals surface area (Å²) >= 11 is 0. The quantitative estimate of drug-likeness (QED) is 0.745. The molecule has 3 unspecified atom stereocenters. The van der Waals surface area contributed by atoms with Gasteiger partial charge >= 0.3 is 6.36 Å². The third-order valence-corrected chi connectivity index (χ3v) is 5.41. The molecule has 0 aromatic heterocycles. The van der Waals surface area contributed by atoms with Gasteiger partial charge in [0, 0.05) is 12.3 Å². The van der Waals surface area contributed by atoms with Gasteiger partial charge in [0.25, 0.3) is 0 Å². The summed E-state index contributed by atoms with van der Waals surface area (Å²) in [7, 11) is 0. The molecule has 2 aromatic rings. The molecule has 2 fully saturated rings. The molecule has 3 atom stereocenters. The van der Waals surface area contributed by atoms with Crippen molar-refractivity contribution < 1.29 is 31.8 Å². The molecule has 0 aliphatic carbocycles. The van der Waals surface area contributed by atoms with Crippen molar-refractivity contribution in [2.45, 2.75) is 37.0 Å². The molecule has 1 spiro atoms. The van der Waals surface area contributed by atoms with Crippen LogP contribution in [0.3, 0.4) is 0 Å². The molecule has 1 N–H and O–H groups in total. The number of nitrogens with one attached hydrogen (secondary N) is 1. The van der Waals surface area contributed by atoms with E-state index >= 15 is 0 Å². The first-order valence-corrected chi connectivity index (χ1v) is 9.45.